The lowest BCUT2D eigenvalue weighted by Gasteiger charge is -2.09. The fourth-order valence-corrected chi connectivity index (χ4v) is 1.10. The minimum absolute atomic E-state index is 0.0752. The van der Waals surface area contributed by atoms with E-state index in [1.54, 1.807) is 6.07 Å². The molecule has 2 N–H and O–H groups in total. The molecule has 0 fully saturated rings. The predicted molar refractivity (Wildman–Crippen MR) is 57.4 cm³/mol. The van der Waals surface area contributed by atoms with E-state index in [4.69, 9.17) is 6.42 Å². The molecule has 0 saturated heterocycles. The van der Waals surface area contributed by atoms with Gasteiger partial charge in [-0.2, -0.15) is 0 Å². The first-order valence-corrected chi connectivity index (χ1v) is 4.63. The molecule has 1 heterocycles. The van der Waals surface area contributed by atoms with Gasteiger partial charge in [0.15, 0.2) is 0 Å². The Morgan fingerprint density at radius 1 is 1.73 bits per heavy atom. The Hall–Kier alpha value is -2.02. The molecule has 0 aliphatic heterocycles. The van der Waals surface area contributed by atoms with Crippen molar-refractivity contribution in [3.8, 4) is 12.3 Å². The van der Waals surface area contributed by atoms with Crippen LogP contribution in [0.4, 0.5) is 0 Å². The van der Waals surface area contributed by atoms with Crippen molar-refractivity contribution in [3.63, 3.8) is 0 Å². The average molecular weight is 204 g/mol. The second kappa shape index (κ2) is 5.01. The summed E-state index contributed by atoms with van der Waals surface area (Å²) in [7, 11) is 0. The summed E-state index contributed by atoms with van der Waals surface area (Å²) in [5.74, 6) is 1.98. The van der Waals surface area contributed by atoms with Gasteiger partial charge in [0.05, 0.1) is 6.04 Å². The highest BCUT2D eigenvalue weighted by Crippen LogP contribution is 1.93. The fraction of sp³-hybridized carbons (Fsp3) is 0.273. The van der Waals surface area contributed by atoms with Crippen LogP contribution >= 0.6 is 0 Å². The van der Waals surface area contributed by atoms with E-state index in [9.17, 15) is 9.59 Å². The summed E-state index contributed by atoms with van der Waals surface area (Å²) in [6.07, 6.45) is 7.30. The molecule has 1 unspecified atom stereocenters. The number of carbonyl (C=O) groups excluding carboxylic acids is 1. The zero-order valence-corrected chi connectivity index (χ0v) is 8.41. The minimum Gasteiger partial charge on any atom is -0.338 e. The number of aromatic amines is 1. The minimum atomic E-state index is -0.443. The molecule has 0 aliphatic carbocycles. The van der Waals surface area contributed by atoms with Crippen LogP contribution in [0.3, 0.4) is 0 Å². The van der Waals surface area contributed by atoms with Gasteiger partial charge in [0, 0.05) is 6.20 Å². The van der Waals surface area contributed by atoms with Gasteiger partial charge < -0.3 is 10.3 Å². The molecule has 0 spiro atoms. The average Bonchev–Trinajstić information content (AvgIpc) is 2.26. The Balaban J connectivity index is 2.83. The maximum atomic E-state index is 11.6. The highest BCUT2D eigenvalue weighted by molar-refractivity contribution is 5.94. The number of aromatic nitrogens is 1. The van der Waals surface area contributed by atoms with Crippen molar-refractivity contribution in [2.75, 3.05) is 0 Å². The molecule has 1 amide bonds. The van der Waals surface area contributed by atoms with Crippen LogP contribution in [-0.4, -0.2) is 16.9 Å². The van der Waals surface area contributed by atoms with E-state index in [0.717, 1.165) is 0 Å². The topological polar surface area (TPSA) is 62.0 Å². The SMILES string of the molecule is C#CC(CC)NC(=O)c1ccc[nH]c1=O. The molecule has 15 heavy (non-hydrogen) atoms. The Morgan fingerprint density at radius 3 is 3.00 bits per heavy atom. The highest BCUT2D eigenvalue weighted by atomic mass is 16.2. The number of hydrogen-bond donors (Lipinski definition) is 2. The Bertz CT molecular complexity index is 442. The molecule has 78 valence electrons. The second-order valence-corrected chi connectivity index (χ2v) is 3.01. The third-order valence-corrected chi connectivity index (χ3v) is 1.98. The van der Waals surface area contributed by atoms with E-state index < -0.39 is 11.5 Å². The third-order valence-electron chi connectivity index (χ3n) is 1.98. The van der Waals surface area contributed by atoms with Crippen molar-refractivity contribution in [1.29, 1.82) is 0 Å². The predicted octanol–water partition coefficient (Wildman–Crippen LogP) is 0.517. The number of pyridine rings is 1. The van der Waals surface area contributed by atoms with Gasteiger partial charge >= 0.3 is 0 Å². The standard InChI is InChI=1S/C11H12N2O2/c1-3-8(4-2)13-11(15)9-6-5-7-12-10(9)14/h1,5-8H,4H2,2H3,(H,12,14)(H,13,15). The van der Waals surface area contributed by atoms with Crippen LogP contribution < -0.4 is 10.9 Å². The Labute approximate surface area is 87.7 Å². The van der Waals surface area contributed by atoms with E-state index in [1.807, 2.05) is 6.92 Å². The molecular formula is C11H12N2O2. The Morgan fingerprint density at radius 2 is 2.47 bits per heavy atom. The van der Waals surface area contributed by atoms with E-state index in [-0.39, 0.29) is 11.6 Å². The van der Waals surface area contributed by atoms with E-state index in [1.165, 1.54) is 12.3 Å². The van der Waals surface area contributed by atoms with Crippen LogP contribution in [-0.2, 0) is 0 Å². The van der Waals surface area contributed by atoms with Gasteiger partial charge in [-0.25, -0.2) is 0 Å². The first-order chi connectivity index (χ1) is 7.19. The summed E-state index contributed by atoms with van der Waals surface area (Å²) in [6.45, 7) is 1.86. The third kappa shape index (κ3) is 2.71. The van der Waals surface area contributed by atoms with Gasteiger partial charge in [-0.3, -0.25) is 9.59 Å². The molecule has 0 saturated carbocycles. The maximum absolute atomic E-state index is 11.6. The van der Waals surface area contributed by atoms with Gasteiger partial charge in [0.1, 0.15) is 5.56 Å². The molecule has 1 atom stereocenters. The molecule has 0 bridgehead atoms. The zero-order valence-electron chi connectivity index (χ0n) is 8.41. The van der Waals surface area contributed by atoms with Crippen molar-refractivity contribution in [2.24, 2.45) is 0 Å². The number of H-pyrrole nitrogens is 1. The van der Waals surface area contributed by atoms with Crippen LogP contribution in [0.1, 0.15) is 23.7 Å². The largest absolute Gasteiger partial charge is 0.338 e. The maximum Gasteiger partial charge on any atom is 0.260 e. The number of terminal acetylenes is 1. The normalized spacial score (nSPS) is 11.5. The first-order valence-electron chi connectivity index (χ1n) is 4.63. The molecule has 0 aromatic carbocycles. The van der Waals surface area contributed by atoms with Crippen LogP contribution in [0.15, 0.2) is 23.1 Å². The van der Waals surface area contributed by atoms with Crippen LogP contribution in [0.25, 0.3) is 0 Å². The lowest BCUT2D eigenvalue weighted by molar-refractivity contribution is 0.0943. The molecule has 0 aliphatic rings. The summed E-state index contributed by atoms with van der Waals surface area (Å²) in [6, 6.07) is 2.71. The van der Waals surface area contributed by atoms with Gasteiger partial charge in [-0.15, -0.1) is 6.42 Å². The monoisotopic (exact) mass is 204 g/mol. The molecule has 1 aromatic heterocycles. The summed E-state index contributed by atoms with van der Waals surface area (Å²) < 4.78 is 0. The van der Waals surface area contributed by atoms with Crippen LogP contribution in [0, 0.1) is 12.3 Å². The molecule has 1 aromatic rings. The zero-order chi connectivity index (χ0) is 11.3. The van der Waals surface area contributed by atoms with Crippen molar-refractivity contribution in [1.82, 2.24) is 10.3 Å². The second-order valence-electron chi connectivity index (χ2n) is 3.01. The van der Waals surface area contributed by atoms with Crippen molar-refractivity contribution in [2.45, 2.75) is 19.4 Å². The smallest absolute Gasteiger partial charge is 0.260 e. The van der Waals surface area contributed by atoms with Crippen LogP contribution in [0.2, 0.25) is 0 Å². The van der Waals surface area contributed by atoms with Gasteiger partial charge in [-0.1, -0.05) is 12.8 Å². The van der Waals surface area contributed by atoms with E-state index in [2.05, 4.69) is 16.2 Å². The highest BCUT2D eigenvalue weighted by Gasteiger charge is 2.12. The van der Waals surface area contributed by atoms with Crippen molar-refractivity contribution in [3.05, 3.63) is 34.2 Å². The number of nitrogens with one attached hydrogen (secondary N) is 2. The molecule has 4 nitrogen and oxygen atoms in total. The van der Waals surface area contributed by atoms with Gasteiger partial charge in [-0.05, 0) is 18.6 Å². The summed E-state index contributed by atoms with van der Waals surface area (Å²) in [5.41, 5.74) is -0.340. The fourth-order valence-electron chi connectivity index (χ4n) is 1.10. The van der Waals surface area contributed by atoms with Crippen molar-refractivity contribution >= 4 is 5.91 Å². The number of carbonyl (C=O) groups is 1. The number of rotatable bonds is 3. The van der Waals surface area contributed by atoms with Gasteiger partial charge in [0.2, 0.25) is 0 Å². The summed E-state index contributed by atoms with van der Waals surface area (Å²) in [4.78, 5) is 25.2. The lowest BCUT2D eigenvalue weighted by Crippen LogP contribution is -2.36. The number of amides is 1. The lowest BCUT2D eigenvalue weighted by atomic mass is 10.2. The van der Waals surface area contributed by atoms with E-state index in [0.29, 0.717) is 6.42 Å². The van der Waals surface area contributed by atoms with Gasteiger partial charge in [0.25, 0.3) is 11.5 Å². The Kier molecular flexibility index (Phi) is 3.69. The molecule has 0 radical (unpaired) electrons. The number of hydrogen-bond acceptors (Lipinski definition) is 2. The molecule has 1 rings (SSSR count). The first kappa shape index (κ1) is 11.1. The summed E-state index contributed by atoms with van der Waals surface area (Å²) >= 11 is 0. The van der Waals surface area contributed by atoms with Crippen molar-refractivity contribution < 1.29 is 4.79 Å². The van der Waals surface area contributed by atoms with E-state index >= 15 is 0 Å². The summed E-state index contributed by atoms with van der Waals surface area (Å²) in [5, 5.41) is 2.58. The molecular weight excluding hydrogens is 192 g/mol. The van der Waals surface area contributed by atoms with Crippen LogP contribution in [0.5, 0.6) is 0 Å². The quantitative estimate of drug-likeness (QED) is 0.705. The molecule has 4 heteroatoms.